The summed E-state index contributed by atoms with van der Waals surface area (Å²) in [6.45, 7) is 2.45. The van der Waals surface area contributed by atoms with E-state index in [2.05, 4.69) is 10.4 Å². The number of nitriles is 1. The van der Waals surface area contributed by atoms with Crippen LogP contribution in [0.3, 0.4) is 0 Å². The van der Waals surface area contributed by atoms with E-state index in [1.54, 1.807) is 17.1 Å². The van der Waals surface area contributed by atoms with Crippen LogP contribution in [0.2, 0.25) is 0 Å². The van der Waals surface area contributed by atoms with Crippen LogP contribution in [0.5, 0.6) is 0 Å². The van der Waals surface area contributed by atoms with Crippen molar-refractivity contribution in [1.29, 1.82) is 5.26 Å². The molecule has 0 bridgehead atoms. The molecule has 0 unspecified atom stereocenters. The number of nitrogens with zero attached hydrogens (tertiary/aromatic N) is 3. The first-order valence-corrected chi connectivity index (χ1v) is 7.73. The number of amides is 1. The monoisotopic (exact) mass is 328 g/mol. The normalized spacial score (nSPS) is 12.5. The van der Waals surface area contributed by atoms with Crippen molar-refractivity contribution >= 4 is 23.6 Å². The lowest BCUT2D eigenvalue weighted by molar-refractivity contribution is -0.117. The molecule has 2 aromatic rings. The molecule has 0 radical (unpaired) electrons. The number of carbonyl (C=O) groups excluding carboxylic acids is 1. The molecule has 23 heavy (non-hydrogen) atoms. The van der Waals surface area contributed by atoms with Gasteiger partial charge < -0.3 is 5.32 Å². The lowest BCUT2D eigenvalue weighted by Crippen LogP contribution is -2.27. The molecular weight excluding hydrogens is 312 g/mol. The van der Waals surface area contributed by atoms with Gasteiger partial charge >= 0.3 is 0 Å². The summed E-state index contributed by atoms with van der Waals surface area (Å²) in [5, 5.41) is 16.2. The van der Waals surface area contributed by atoms with E-state index < -0.39 is 5.91 Å². The topological polar surface area (TPSA) is 70.7 Å². The number of aryl methyl sites for hydroxylation is 1. The number of nitrogens with one attached hydrogen (secondary N) is 1. The Bertz CT molecular complexity index is 731. The summed E-state index contributed by atoms with van der Waals surface area (Å²) in [4.78, 5) is 12.2. The fourth-order valence-corrected chi connectivity index (χ4v) is 2.25. The maximum Gasteiger partial charge on any atom is 0.262 e. The summed E-state index contributed by atoms with van der Waals surface area (Å²) in [5.41, 5.74) is 1.71. The molecule has 0 saturated heterocycles. The number of alkyl halides is 1. The first kappa shape index (κ1) is 16.8. The van der Waals surface area contributed by atoms with E-state index in [4.69, 9.17) is 11.6 Å². The molecule has 1 aromatic heterocycles. The number of hydrogen-bond donors (Lipinski definition) is 1. The maximum atomic E-state index is 12.2. The van der Waals surface area contributed by atoms with Crippen LogP contribution < -0.4 is 5.32 Å². The van der Waals surface area contributed by atoms with E-state index >= 15 is 0 Å². The van der Waals surface area contributed by atoms with Gasteiger partial charge in [-0.25, -0.2) is 0 Å². The number of hydrogen-bond acceptors (Lipinski definition) is 3. The van der Waals surface area contributed by atoms with Crippen LogP contribution in [0.4, 0.5) is 0 Å². The molecule has 0 aliphatic rings. The molecule has 2 rings (SSSR count). The highest BCUT2D eigenvalue weighted by Gasteiger charge is 2.14. The van der Waals surface area contributed by atoms with Crippen molar-refractivity contribution in [3.8, 4) is 6.07 Å². The van der Waals surface area contributed by atoms with Crippen LogP contribution in [-0.2, 0) is 11.3 Å². The number of aromatic nitrogens is 2. The Hall–Kier alpha value is -2.58. The fourth-order valence-electron chi connectivity index (χ4n) is 2.08. The minimum absolute atomic E-state index is 0.0400. The molecule has 118 valence electrons. The van der Waals surface area contributed by atoms with E-state index in [-0.39, 0.29) is 11.6 Å². The fraction of sp³-hybridized carbons (Fsp3) is 0.235. The average Bonchev–Trinajstić information content (AvgIpc) is 3.01. The van der Waals surface area contributed by atoms with Crippen LogP contribution in [-0.4, -0.2) is 21.6 Å². The average molecular weight is 329 g/mol. The van der Waals surface area contributed by atoms with Crippen molar-refractivity contribution in [3.05, 3.63) is 59.4 Å². The first-order chi connectivity index (χ1) is 11.1. The number of rotatable bonds is 6. The Kier molecular flexibility index (Phi) is 5.95. The molecule has 0 aliphatic heterocycles. The van der Waals surface area contributed by atoms with E-state index in [0.717, 1.165) is 5.56 Å². The molecule has 0 fully saturated rings. The van der Waals surface area contributed by atoms with Gasteiger partial charge in [0.05, 0.1) is 18.8 Å². The van der Waals surface area contributed by atoms with Gasteiger partial charge in [-0.1, -0.05) is 30.3 Å². The van der Waals surface area contributed by atoms with E-state index in [1.807, 2.05) is 43.3 Å². The summed E-state index contributed by atoms with van der Waals surface area (Å²) >= 11 is 5.65. The zero-order chi connectivity index (χ0) is 16.7. The van der Waals surface area contributed by atoms with Crippen molar-refractivity contribution < 1.29 is 4.79 Å². The zero-order valence-electron chi connectivity index (χ0n) is 12.7. The van der Waals surface area contributed by atoms with E-state index in [9.17, 15) is 10.1 Å². The third-order valence-corrected chi connectivity index (χ3v) is 3.46. The van der Waals surface area contributed by atoms with Crippen LogP contribution in [0.15, 0.2) is 48.3 Å². The summed E-state index contributed by atoms with van der Waals surface area (Å²) < 4.78 is 1.67. The van der Waals surface area contributed by atoms with Crippen molar-refractivity contribution in [1.82, 2.24) is 15.1 Å². The number of halogens is 1. The Morgan fingerprint density at radius 3 is 2.87 bits per heavy atom. The van der Waals surface area contributed by atoms with Crippen molar-refractivity contribution in [3.63, 3.8) is 0 Å². The molecule has 1 heterocycles. The van der Waals surface area contributed by atoms with Gasteiger partial charge in [-0.15, -0.1) is 11.6 Å². The van der Waals surface area contributed by atoms with Crippen LogP contribution in [0, 0.1) is 11.3 Å². The molecule has 0 spiro atoms. The van der Waals surface area contributed by atoms with Gasteiger partial charge in [0.2, 0.25) is 0 Å². The zero-order valence-corrected chi connectivity index (χ0v) is 13.5. The van der Waals surface area contributed by atoms with Crippen LogP contribution >= 0.6 is 11.6 Å². The van der Waals surface area contributed by atoms with Crippen LogP contribution in [0.25, 0.3) is 6.08 Å². The number of carbonyl (C=O) groups is 1. The summed E-state index contributed by atoms with van der Waals surface area (Å²) in [6.07, 6.45) is 4.86. The second kappa shape index (κ2) is 8.16. The lowest BCUT2D eigenvalue weighted by atomic mass is 10.1. The smallest absolute Gasteiger partial charge is 0.262 e. The SMILES string of the molecule is C[C@@H](NC(=O)/C(C#N)=C\c1cnn(CCCl)c1)c1ccccc1. The first-order valence-electron chi connectivity index (χ1n) is 7.20. The molecule has 0 aliphatic carbocycles. The largest absolute Gasteiger partial charge is 0.345 e. The maximum absolute atomic E-state index is 12.2. The van der Waals surface area contributed by atoms with E-state index in [0.29, 0.717) is 18.0 Å². The quantitative estimate of drug-likeness (QED) is 0.503. The van der Waals surface area contributed by atoms with Gasteiger partial charge in [-0.2, -0.15) is 10.4 Å². The highest BCUT2D eigenvalue weighted by molar-refractivity contribution is 6.17. The molecule has 1 amide bonds. The molecule has 6 heteroatoms. The predicted octanol–water partition coefficient (Wildman–Crippen LogP) is 2.91. The standard InChI is InChI=1S/C17H17ClN4O/c1-13(15-5-3-2-4-6-15)21-17(23)16(10-19)9-14-11-20-22(12-14)8-7-18/h2-6,9,11-13H,7-8H2,1H3,(H,21,23)/b16-9-/t13-/m1/s1. The minimum Gasteiger partial charge on any atom is -0.345 e. The van der Waals surface area contributed by atoms with Crippen molar-refractivity contribution in [2.45, 2.75) is 19.5 Å². The van der Waals surface area contributed by atoms with Gasteiger partial charge in [0.15, 0.2) is 0 Å². The van der Waals surface area contributed by atoms with Crippen molar-refractivity contribution in [2.24, 2.45) is 0 Å². The molecule has 0 saturated carbocycles. The van der Waals surface area contributed by atoms with Gasteiger partial charge in [0.1, 0.15) is 11.6 Å². The second-order valence-corrected chi connectivity index (χ2v) is 5.38. The highest BCUT2D eigenvalue weighted by atomic mass is 35.5. The van der Waals surface area contributed by atoms with Gasteiger partial charge in [-0.3, -0.25) is 9.48 Å². The highest BCUT2D eigenvalue weighted by Crippen LogP contribution is 2.13. The van der Waals surface area contributed by atoms with Crippen molar-refractivity contribution in [2.75, 3.05) is 5.88 Å². The van der Waals surface area contributed by atoms with Crippen LogP contribution in [0.1, 0.15) is 24.1 Å². The minimum atomic E-state index is -0.408. The third kappa shape index (κ3) is 4.70. The van der Waals surface area contributed by atoms with Gasteiger partial charge in [0.25, 0.3) is 5.91 Å². The van der Waals surface area contributed by atoms with Gasteiger partial charge in [-0.05, 0) is 18.6 Å². The van der Waals surface area contributed by atoms with E-state index in [1.165, 1.54) is 6.08 Å². The Morgan fingerprint density at radius 1 is 1.48 bits per heavy atom. The number of benzene rings is 1. The molecular formula is C17H17ClN4O. The lowest BCUT2D eigenvalue weighted by Gasteiger charge is -2.13. The molecule has 5 nitrogen and oxygen atoms in total. The molecule has 1 aromatic carbocycles. The Balaban J connectivity index is 2.09. The Labute approximate surface area is 140 Å². The predicted molar refractivity (Wildman–Crippen MR) is 89.5 cm³/mol. The summed E-state index contributed by atoms with van der Waals surface area (Å²) in [6, 6.07) is 11.3. The third-order valence-electron chi connectivity index (χ3n) is 3.29. The molecule has 1 N–H and O–H groups in total. The summed E-state index contributed by atoms with van der Waals surface area (Å²) in [7, 11) is 0. The summed E-state index contributed by atoms with van der Waals surface area (Å²) in [5.74, 6) is 0.0410. The second-order valence-electron chi connectivity index (χ2n) is 5.00. The molecule has 1 atom stereocenters. The van der Waals surface area contributed by atoms with Gasteiger partial charge in [0, 0.05) is 17.6 Å². The Morgan fingerprint density at radius 2 is 2.22 bits per heavy atom.